The lowest BCUT2D eigenvalue weighted by Gasteiger charge is -2.10. The minimum absolute atomic E-state index is 0.124. The average Bonchev–Trinajstić information content (AvgIpc) is 3.20. The summed E-state index contributed by atoms with van der Waals surface area (Å²) in [5.41, 5.74) is -0.822. The van der Waals surface area contributed by atoms with E-state index in [9.17, 15) is 22.8 Å². The minimum Gasteiger partial charge on any atom is -0.306 e. The number of ketones is 1. The number of thiazole rings is 1. The van der Waals surface area contributed by atoms with Gasteiger partial charge in [-0.1, -0.05) is 18.5 Å². The van der Waals surface area contributed by atoms with Crippen molar-refractivity contribution in [1.29, 1.82) is 0 Å². The Hall–Kier alpha value is -2.92. The van der Waals surface area contributed by atoms with Crippen molar-refractivity contribution < 1.29 is 22.8 Å². The highest BCUT2D eigenvalue weighted by Gasteiger charge is 2.34. The highest BCUT2D eigenvalue weighted by atomic mass is 35.5. The van der Waals surface area contributed by atoms with Crippen molar-refractivity contribution in [2.45, 2.75) is 25.4 Å². The largest absolute Gasteiger partial charge is 0.418 e. The fourth-order valence-electron chi connectivity index (χ4n) is 2.45. The smallest absolute Gasteiger partial charge is 0.306 e. The normalized spacial score (nSPS) is 12.4. The molecular formula is C18H13ClF3N5O2S. The van der Waals surface area contributed by atoms with E-state index >= 15 is 0 Å². The Morgan fingerprint density at radius 1 is 1.23 bits per heavy atom. The number of Topliss-reactive ketones (excluding diaryl/α,β-unsaturated/α-hetero) is 1. The molecule has 3 aromatic rings. The standard InChI is InChI=1S/C18H13ClF3N5O2S/c1-9(4-13(28)12-2-3-23-8-26-12)17-25-7-14(30-17)16(29)27-15-5-10(18(20,21)22)11(19)6-24-15/h2-3,5-9H,4H2,1H3,(H,24,27,29). The molecule has 1 N–H and O–H groups in total. The third-order valence-corrected chi connectivity index (χ3v) is 5.46. The Morgan fingerprint density at radius 3 is 2.67 bits per heavy atom. The maximum Gasteiger partial charge on any atom is 0.418 e. The first-order valence-corrected chi connectivity index (χ1v) is 9.63. The van der Waals surface area contributed by atoms with E-state index in [0.717, 1.165) is 17.5 Å². The molecule has 0 saturated carbocycles. The molecule has 12 heteroatoms. The highest BCUT2D eigenvalue weighted by molar-refractivity contribution is 7.13. The molecule has 1 atom stereocenters. The first-order valence-electron chi connectivity index (χ1n) is 8.44. The van der Waals surface area contributed by atoms with Gasteiger partial charge < -0.3 is 5.32 Å². The number of carbonyl (C=O) groups excluding carboxylic acids is 2. The summed E-state index contributed by atoms with van der Waals surface area (Å²) >= 11 is 6.55. The molecule has 1 amide bonds. The van der Waals surface area contributed by atoms with E-state index in [0.29, 0.717) is 11.1 Å². The molecule has 0 bridgehead atoms. The van der Waals surface area contributed by atoms with Crippen LogP contribution >= 0.6 is 22.9 Å². The van der Waals surface area contributed by atoms with Crippen LogP contribution in [0.1, 0.15) is 50.0 Å². The van der Waals surface area contributed by atoms with Gasteiger partial charge in [0.25, 0.3) is 5.91 Å². The van der Waals surface area contributed by atoms with Crippen LogP contribution in [0.5, 0.6) is 0 Å². The van der Waals surface area contributed by atoms with Crippen LogP contribution in [0.4, 0.5) is 19.0 Å². The number of nitrogens with zero attached hydrogens (tertiary/aromatic N) is 4. The van der Waals surface area contributed by atoms with Crippen molar-refractivity contribution in [2.75, 3.05) is 5.32 Å². The van der Waals surface area contributed by atoms with Gasteiger partial charge in [-0.15, -0.1) is 11.3 Å². The maximum absolute atomic E-state index is 12.9. The van der Waals surface area contributed by atoms with Gasteiger partial charge in [-0.3, -0.25) is 9.59 Å². The van der Waals surface area contributed by atoms with Crippen molar-refractivity contribution >= 4 is 40.4 Å². The third kappa shape index (κ3) is 5.16. The van der Waals surface area contributed by atoms with Crippen LogP contribution in [0, 0.1) is 0 Å². The Morgan fingerprint density at radius 2 is 2.00 bits per heavy atom. The van der Waals surface area contributed by atoms with Gasteiger partial charge in [0.15, 0.2) is 5.78 Å². The second kappa shape index (κ2) is 8.84. The molecular weight excluding hydrogens is 443 g/mol. The molecule has 0 radical (unpaired) electrons. The molecule has 30 heavy (non-hydrogen) atoms. The zero-order valence-corrected chi connectivity index (χ0v) is 16.8. The van der Waals surface area contributed by atoms with Crippen molar-refractivity contribution in [3.63, 3.8) is 0 Å². The number of aromatic nitrogens is 4. The van der Waals surface area contributed by atoms with E-state index in [1.165, 1.54) is 24.8 Å². The molecule has 0 aliphatic carbocycles. The monoisotopic (exact) mass is 455 g/mol. The second-order valence-electron chi connectivity index (χ2n) is 6.19. The molecule has 0 spiro atoms. The summed E-state index contributed by atoms with van der Waals surface area (Å²) in [6.07, 6.45) is 0.299. The molecule has 7 nitrogen and oxygen atoms in total. The number of alkyl halides is 3. The van der Waals surface area contributed by atoms with E-state index in [4.69, 9.17) is 11.6 Å². The SMILES string of the molecule is CC(CC(=O)c1ccncn1)c1ncc(C(=O)Nc2cc(C(F)(F)F)c(Cl)cn2)s1. The van der Waals surface area contributed by atoms with Crippen LogP contribution in [0.3, 0.4) is 0 Å². The van der Waals surface area contributed by atoms with Crippen LogP contribution in [0.15, 0.2) is 37.1 Å². The van der Waals surface area contributed by atoms with Crippen molar-refractivity contribution in [1.82, 2.24) is 19.9 Å². The van der Waals surface area contributed by atoms with Gasteiger partial charge in [0.2, 0.25) is 0 Å². The highest BCUT2D eigenvalue weighted by Crippen LogP contribution is 2.35. The van der Waals surface area contributed by atoms with E-state index in [2.05, 4.69) is 25.3 Å². The Kier molecular flexibility index (Phi) is 6.42. The number of amides is 1. The summed E-state index contributed by atoms with van der Waals surface area (Å²) in [7, 11) is 0. The van der Waals surface area contributed by atoms with Crippen LogP contribution in [-0.2, 0) is 6.18 Å². The number of pyridine rings is 1. The summed E-state index contributed by atoms with van der Waals surface area (Å²) in [5.74, 6) is -1.45. The van der Waals surface area contributed by atoms with Gasteiger partial charge in [-0.05, 0) is 12.1 Å². The van der Waals surface area contributed by atoms with Gasteiger partial charge in [0.05, 0.1) is 21.8 Å². The summed E-state index contributed by atoms with van der Waals surface area (Å²) < 4.78 is 38.8. The minimum atomic E-state index is -4.68. The molecule has 3 rings (SSSR count). The number of halogens is 4. The van der Waals surface area contributed by atoms with Crippen molar-refractivity contribution in [3.05, 3.63) is 63.2 Å². The summed E-state index contributed by atoms with van der Waals surface area (Å²) in [6.45, 7) is 1.77. The van der Waals surface area contributed by atoms with Gasteiger partial charge in [0.1, 0.15) is 22.7 Å². The molecule has 3 heterocycles. The molecule has 0 aliphatic rings. The van der Waals surface area contributed by atoms with Gasteiger partial charge in [-0.25, -0.2) is 19.9 Å². The fourth-order valence-corrected chi connectivity index (χ4v) is 3.52. The van der Waals surface area contributed by atoms with Crippen LogP contribution < -0.4 is 5.32 Å². The quantitative estimate of drug-likeness (QED) is 0.544. The van der Waals surface area contributed by atoms with Gasteiger partial charge in [0, 0.05) is 24.7 Å². The van der Waals surface area contributed by atoms with Crippen LogP contribution in [0.2, 0.25) is 5.02 Å². The molecule has 0 aliphatic heterocycles. The molecule has 3 aromatic heterocycles. The Labute approximate surface area is 177 Å². The average molecular weight is 456 g/mol. The first kappa shape index (κ1) is 21.8. The van der Waals surface area contributed by atoms with Crippen molar-refractivity contribution in [2.24, 2.45) is 0 Å². The maximum atomic E-state index is 12.9. The fraction of sp³-hybridized carbons (Fsp3) is 0.222. The predicted octanol–water partition coefficient (Wildman–Crippen LogP) is 4.63. The number of anilines is 1. The van der Waals surface area contributed by atoms with Gasteiger partial charge >= 0.3 is 6.18 Å². The molecule has 156 valence electrons. The predicted molar refractivity (Wildman–Crippen MR) is 104 cm³/mol. The van der Waals surface area contributed by atoms with E-state index in [-0.39, 0.29) is 34.5 Å². The van der Waals surface area contributed by atoms with Crippen LogP contribution in [-0.4, -0.2) is 31.6 Å². The topological polar surface area (TPSA) is 97.7 Å². The molecule has 1 unspecified atom stereocenters. The third-order valence-electron chi connectivity index (χ3n) is 3.93. The second-order valence-corrected chi connectivity index (χ2v) is 7.66. The van der Waals surface area contributed by atoms with E-state index in [1.54, 1.807) is 6.92 Å². The number of carbonyl (C=O) groups is 2. The zero-order chi connectivity index (χ0) is 21.9. The lowest BCUT2D eigenvalue weighted by molar-refractivity contribution is -0.137. The van der Waals surface area contributed by atoms with E-state index < -0.39 is 22.7 Å². The number of hydrogen-bond donors (Lipinski definition) is 1. The number of rotatable bonds is 6. The lowest BCUT2D eigenvalue weighted by atomic mass is 10.0. The zero-order valence-electron chi connectivity index (χ0n) is 15.3. The number of hydrogen-bond acceptors (Lipinski definition) is 7. The first-order chi connectivity index (χ1) is 14.1. The lowest BCUT2D eigenvalue weighted by Crippen LogP contribution is -2.13. The van der Waals surface area contributed by atoms with Gasteiger partial charge in [-0.2, -0.15) is 13.2 Å². The summed E-state index contributed by atoms with van der Waals surface area (Å²) in [6, 6.07) is 2.16. The molecule has 0 aromatic carbocycles. The number of nitrogens with one attached hydrogen (secondary N) is 1. The molecule has 0 saturated heterocycles. The van der Waals surface area contributed by atoms with E-state index in [1.807, 2.05) is 0 Å². The Balaban J connectivity index is 1.68. The van der Waals surface area contributed by atoms with Crippen LogP contribution in [0.25, 0.3) is 0 Å². The van der Waals surface area contributed by atoms with Crippen molar-refractivity contribution in [3.8, 4) is 0 Å². The summed E-state index contributed by atoms with van der Waals surface area (Å²) in [5, 5.41) is 2.26. The Bertz CT molecular complexity index is 1080. The molecule has 0 fully saturated rings. The summed E-state index contributed by atoms with van der Waals surface area (Å²) in [4.78, 5) is 40.3.